The minimum Gasteiger partial charge on any atom is -0.472 e. The molecular weight excluding hydrogens is 640 g/mol. The molecule has 7 rings (SSSR count). The van der Waals surface area contributed by atoms with E-state index in [2.05, 4.69) is 42.5 Å². The standard InChI is InChI=1S/C38H44N4O8/c1-35(2)27-20-30(49-31(45)9-7-6-8-17-39-23-10-11-24(42(46)47)34-33(23)40-50-41-34)38(5)26(36(27,3)16-13-29(35)44)12-15-37(4)28(38)19-25(43)32(37)22-14-18-48-21-22/h10-11,13-14,16,18-19,21,26-27,30,32,39H,6-9,12,15,17,20H2,1-5H3/t26-,27+,30-,32-,36-,37-,38-/m1/s1. The average Bonchev–Trinajstić information content (AvgIpc) is 3.82. The van der Waals surface area contributed by atoms with Gasteiger partial charge in [0.05, 0.1) is 29.1 Å². The Labute approximate surface area is 290 Å². The van der Waals surface area contributed by atoms with Gasteiger partial charge >= 0.3 is 11.7 Å². The summed E-state index contributed by atoms with van der Waals surface area (Å²) in [6.45, 7) is 11.2. The highest BCUT2D eigenvalue weighted by Crippen LogP contribution is 2.72. The number of nitro groups is 1. The zero-order chi connectivity index (χ0) is 35.6. The highest BCUT2D eigenvalue weighted by atomic mass is 16.6. The molecule has 4 aliphatic rings. The number of aromatic nitrogens is 2. The van der Waals surface area contributed by atoms with Crippen LogP contribution >= 0.6 is 0 Å². The molecular formula is C38H44N4O8. The molecule has 0 saturated heterocycles. The molecule has 0 bridgehead atoms. The molecule has 3 aromatic rings. The lowest BCUT2D eigenvalue weighted by molar-refractivity contribution is -0.383. The lowest BCUT2D eigenvalue weighted by Gasteiger charge is -2.66. The molecule has 50 heavy (non-hydrogen) atoms. The number of carbonyl (C=O) groups is 3. The van der Waals surface area contributed by atoms with Gasteiger partial charge in [-0.15, -0.1) is 0 Å². The second kappa shape index (κ2) is 12.0. The van der Waals surface area contributed by atoms with Crippen LogP contribution in [0.15, 0.2) is 63.6 Å². The largest absolute Gasteiger partial charge is 0.472 e. The van der Waals surface area contributed by atoms with E-state index < -0.39 is 27.3 Å². The Bertz CT molecular complexity index is 1930. The van der Waals surface area contributed by atoms with Crippen molar-refractivity contribution in [2.75, 3.05) is 11.9 Å². The quantitative estimate of drug-likeness (QED) is 0.0971. The molecule has 0 unspecified atom stereocenters. The predicted molar refractivity (Wildman–Crippen MR) is 183 cm³/mol. The van der Waals surface area contributed by atoms with Crippen LogP contribution in [0.3, 0.4) is 0 Å². The number of esters is 1. The zero-order valence-electron chi connectivity index (χ0n) is 29.2. The van der Waals surface area contributed by atoms with Crippen LogP contribution in [0.1, 0.15) is 91.0 Å². The van der Waals surface area contributed by atoms with E-state index in [9.17, 15) is 24.5 Å². The van der Waals surface area contributed by atoms with Crippen LogP contribution in [0.5, 0.6) is 0 Å². The fourth-order valence-electron chi connectivity index (χ4n) is 10.4. The van der Waals surface area contributed by atoms with Gasteiger partial charge in [-0.25, -0.2) is 4.63 Å². The maximum atomic E-state index is 13.8. The van der Waals surface area contributed by atoms with Crippen molar-refractivity contribution < 1.29 is 33.1 Å². The van der Waals surface area contributed by atoms with Crippen LogP contribution in [-0.2, 0) is 19.1 Å². The number of fused-ring (bicyclic) bond motifs is 6. The summed E-state index contributed by atoms with van der Waals surface area (Å²) in [7, 11) is 0. The normalized spacial score (nSPS) is 32.6. The number of nitrogens with zero attached hydrogens (tertiary/aromatic N) is 3. The number of furan rings is 1. The van der Waals surface area contributed by atoms with Gasteiger partial charge in [0.1, 0.15) is 6.10 Å². The molecule has 2 saturated carbocycles. The Balaban J connectivity index is 1.06. The fourth-order valence-corrected chi connectivity index (χ4v) is 10.4. The smallest absolute Gasteiger partial charge is 0.306 e. The van der Waals surface area contributed by atoms with E-state index in [1.807, 2.05) is 26.0 Å². The molecule has 12 heteroatoms. The SMILES string of the molecule is CC1(C)C(=O)C=C[C@]2(C)[C@H]3CC[C@]4(C)C(=CC(=O)[C@H]4c4ccoc4)[C@]3(C)[C@H](OC(=O)CCCCCNc3ccc([N+](=O)[O-])c4nonc34)C[C@@H]12. The number of rotatable bonds is 10. The van der Waals surface area contributed by atoms with Crippen molar-refractivity contribution in [1.82, 2.24) is 10.3 Å². The second-order valence-corrected chi connectivity index (χ2v) is 15.9. The van der Waals surface area contributed by atoms with Gasteiger partial charge in [0, 0.05) is 40.8 Å². The van der Waals surface area contributed by atoms with E-state index in [-0.39, 0.29) is 58.3 Å². The molecule has 2 fully saturated rings. The number of allylic oxidation sites excluding steroid dienone is 3. The van der Waals surface area contributed by atoms with Crippen LogP contribution in [0.4, 0.5) is 11.4 Å². The van der Waals surface area contributed by atoms with E-state index in [1.165, 1.54) is 6.07 Å². The molecule has 0 radical (unpaired) electrons. The Morgan fingerprint density at radius 2 is 1.84 bits per heavy atom. The number of unbranched alkanes of at least 4 members (excludes halogenated alkanes) is 2. The molecule has 12 nitrogen and oxygen atoms in total. The number of non-ortho nitro benzene ring substituents is 1. The molecule has 0 amide bonds. The molecule has 7 atom stereocenters. The van der Waals surface area contributed by atoms with Crippen molar-refractivity contribution in [3.05, 3.63) is 70.2 Å². The van der Waals surface area contributed by atoms with Gasteiger partial charge in [-0.3, -0.25) is 24.5 Å². The molecule has 264 valence electrons. The number of ketones is 2. The maximum Gasteiger partial charge on any atom is 0.306 e. The van der Waals surface area contributed by atoms with Crippen LogP contribution in [-0.4, -0.2) is 45.4 Å². The van der Waals surface area contributed by atoms with Gasteiger partial charge in [0.15, 0.2) is 17.1 Å². The predicted octanol–water partition coefficient (Wildman–Crippen LogP) is 7.51. The van der Waals surface area contributed by atoms with Crippen molar-refractivity contribution >= 4 is 39.9 Å². The first-order valence-corrected chi connectivity index (χ1v) is 17.6. The summed E-state index contributed by atoms with van der Waals surface area (Å²) < 4.78 is 16.7. The Morgan fingerprint density at radius 1 is 1.06 bits per heavy atom. The summed E-state index contributed by atoms with van der Waals surface area (Å²) in [5.41, 5.74) is 0.712. The summed E-state index contributed by atoms with van der Waals surface area (Å²) in [6.07, 6.45) is 13.0. The number of carbonyl (C=O) groups excluding carboxylic acids is 3. The first-order valence-electron chi connectivity index (χ1n) is 17.6. The van der Waals surface area contributed by atoms with Crippen molar-refractivity contribution in [2.24, 2.45) is 33.5 Å². The molecule has 1 aromatic carbocycles. The lowest BCUT2D eigenvalue weighted by atomic mass is 9.38. The highest BCUT2D eigenvalue weighted by molar-refractivity contribution is 6.01. The number of nitro benzene ring substituents is 1. The number of anilines is 1. The summed E-state index contributed by atoms with van der Waals surface area (Å²) in [6, 6.07) is 4.83. The molecule has 2 aromatic heterocycles. The van der Waals surface area contributed by atoms with Crippen molar-refractivity contribution in [1.29, 1.82) is 0 Å². The number of benzene rings is 1. The Hall–Kier alpha value is -4.61. The topological polar surface area (TPSA) is 168 Å². The second-order valence-electron chi connectivity index (χ2n) is 15.9. The molecule has 0 aliphatic heterocycles. The average molecular weight is 685 g/mol. The minimum absolute atomic E-state index is 0.0352. The molecule has 2 heterocycles. The summed E-state index contributed by atoms with van der Waals surface area (Å²) in [4.78, 5) is 51.4. The Morgan fingerprint density at radius 3 is 2.58 bits per heavy atom. The van der Waals surface area contributed by atoms with E-state index in [0.29, 0.717) is 30.6 Å². The minimum atomic E-state index is -0.625. The van der Waals surface area contributed by atoms with E-state index in [4.69, 9.17) is 13.8 Å². The number of hydrogen-bond donors (Lipinski definition) is 1. The van der Waals surface area contributed by atoms with Gasteiger partial charge < -0.3 is 14.5 Å². The summed E-state index contributed by atoms with van der Waals surface area (Å²) >= 11 is 0. The van der Waals surface area contributed by atoms with E-state index in [0.717, 1.165) is 36.8 Å². The Kier molecular flexibility index (Phi) is 8.14. The third-order valence-electron chi connectivity index (χ3n) is 12.9. The monoisotopic (exact) mass is 684 g/mol. The lowest BCUT2D eigenvalue weighted by Crippen LogP contribution is -2.64. The van der Waals surface area contributed by atoms with Crippen LogP contribution in [0.2, 0.25) is 0 Å². The third kappa shape index (κ3) is 5.04. The van der Waals surface area contributed by atoms with Gasteiger partial charge in [-0.1, -0.05) is 47.1 Å². The zero-order valence-corrected chi connectivity index (χ0v) is 29.2. The van der Waals surface area contributed by atoms with E-state index >= 15 is 0 Å². The van der Waals surface area contributed by atoms with Crippen LogP contribution in [0.25, 0.3) is 11.0 Å². The molecule has 1 N–H and O–H groups in total. The van der Waals surface area contributed by atoms with Gasteiger partial charge in [0.25, 0.3) is 0 Å². The third-order valence-corrected chi connectivity index (χ3v) is 12.9. The summed E-state index contributed by atoms with van der Waals surface area (Å²) in [5, 5.41) is 22.0. The molecule has 0 spiro atoms. The highest BCUT2D eigenvalue weighted by Gasteiger charge is 2.69. The van der Waals surface area contributed by atoms with Crippen molar-refractivity contribution in [3.63, 3.8) is 0 Å². The van der Waals surface area contributed by atoms with Crippen molar-refractivity contribution in [2.45, 2.75) is 91.6 Å². The van der Waals surface area contributed by atoms with Gasteiger partial charge in [-0.05, 0) is 89.5 Å². The number of nitrogens with one attached hydrogen (secondary N) is 1. The van der Waals surface area contributed by atoms with Gasteiger partial charge in [0.2, 0.25) is 5.52 Å². The van der Waals surface area contributed by atoms with Crippen molar-refractivity contribution in [3.8, 4) is 0 Å². The first-order chi connectivity index (χ1) is 23.7. The maximum absolute atomic E-state index is 13.8. The van der Waals surface area contributed by atoms with Crippen LogP contribution in [0, 0.1) is 43.6 Å². The first kappa shape index (κ1) is 33.9. The number of hydrogen-bond acceptors (Lipinski definition) is 11. The summed E-state index contributed by atoms with van der Waals surface area (Å²) in [5.74, 6) is -0.467. The van der Waals surface area contributed by atoms with Crippen LogP contribution < -0.4 is 5.32 Å². The fraction of sp³-hybridized carbons (Fsp3) is 0.553. The number of ether oxygens (including phenoxy) is 1. The van der Waals surface area contributed by atoms with E-state index in [1.54, 1.807) is 24.7 Å². The molecule has 4 aliphatic carbocycles. The van der Waals surface area contributed by atoms with Gasteiger partial charge in [-0.2, -0.15) is 0 Å².